The summed E-state index contributed by atoms with van der Waals surface area (Å²) in [6, 6.07) is 4.78. The first kappa shape index (κ1) is 14.7. The van der Waals surface area contributed by atoms with Gasteiger partial charge in [0.15, 0.2) is 0 Å². The number of ether oxygens (including phenoxy) is 1. The molecule has 0 spiro atoms. The molecule has 0 aromatic heterocycles. The van der Waals surface area contributed by atoms with E-state index in [1.807, 2.05) is 0 Å². The van der Waals surface area contributed by atoms with Gasteiger partial charge < -0.3 is 4.74 Å². The van der Waals surface area contributed by atoms with Crippen LogP contribution < -0.4 is 11.3 Å². The lowest BCUT2D eigenvalue weighted by molar-refractivity contribution is -0.0355. The second-order valence-corrected chi connectivity index (χ2v) is 5.56. The van der Waals surface area contributed by atoms with E-state index in [-0.39, 0.29) is 16.7 Å². The fourth-order valence-electron chi connectivity index (χ4n) is 2.97. The van der Waals surface area contributed by atoms with Crippen molar-refractivity contribution in [1.82, 2.24) is 5.43 Å². The molecular weight excluding hydrogens is 267 g/mol. The van der Waals surface area contributed by atoms with Gasteiger partial charge in [-0.15, -0.1) is 0 Å². The van der Waals surface area contributed by atoms with Crippen molar-refractivity contribution < 1.29 is 9.13 Å². The normalized spacial score (nSPS) is 19.6. The Morgan fingerprint density at radius 3 is 2.68 bits per heavy atom. The predicted octanol–water partition coefficient (Wildman–Crippen LogP) is 2.81. The van der Waals surface area contributed by atoms with Gasteiger partial charge in [-0.1, -0.05) is 30.5 Å². The van der Waals surface area contributed by atoms with Crippen molar-refractivity contribution in [2.75, 3.05) is 7.11 Å². The van der Waals surface area contributed by atoms with E-state index in [1.54, 1.807) is 19.2 Å². The Morgan fingerprint density at radius 1 is 1.47 bits per heavy atom. The highest BCUT2D eigenvalue weighted by Crippen LogP contribution is 2.36. The van der Waals surface area contributed by atoms with E-state index in [4.69, 9.17) is 22.2 Å². The molecule has 1 saturated carbocycles. The first-order valence-electron chi connectivity index (χ1n) is 6.56. The Morgan fingerprint density at radius 2 is 2.16 bits per heavy atom. The number of methoxy groups -OCH3 is 1. The van der Waals surface area contributed by atoms with Gasteiger partial charge in [-0.25, -0.2) is 4.39 Å². The molecule has 0 bridgehead atoms. The van der Waals surface area contributed by atoms with Gasteiger partial charge in [0, 0.05) is 7.11 Å². The summed E-state index contributed by atoms with van der Waals surface area (Å²) in [5.74, 6) is 5.29. The number of benzene rings is 1. The fraction of sp³-hybridized carbons (Fsp3) is 0.571. The molecule has 1 fully saturated rings. The highest BCUT2D eigenvalue weighted by molar-refractivity contribution is 6.30. The zero-order valence-corrected chi connectivity index (χ0v) is 11.8. The van der Waals surface area contributed by atoms with E-state index in [1.165, 1.54) is 6.07 Å². The minimum atomic E-state index is -0.398. The molecule has 106 valence electrons. The third-order valence-corrected chi connectivity index (χ3v) is 4.41. The lowest BCUT2D eigenvalue weighted by Gasteiger charge is -2.36. The number of nitrogens with one attached hydrogen (secondary N) is 1. The summed E-state index contributed by atoms with van der Waals surface area (Å²) in [6.07, 6.45) is 4.96. The molecular formula is C14H20ClFN2O. The first-order chi connectivity index (χ1) is 9.11. The summed E-state index contributed by atoms with van der Waals surface area (Å²) >= 11 is 5.81. The number of hydrogen-bond acceptors (Lipinski definition) is 3. The van der Waals surface area contributed by atoms with E-state index < -0.39 is 5.82 Å². The molecule has 3 N–H and O–H groups in total. The molecule has 3 nitrogen and oxygen atoms in total. The quantitative estimate of drug-likeness (QED) is 0.646. The SMILES string of the molecule is COC1(C(Cc2ccc(F)c(Cl)c2)NN)CCCC1. The standard InChI is InChI=1S/C14H20ClFN2O/c1-19-14(6-2-3-7-14)13(18-17)9-10-4-5-12(16)11(15)8-10/h4-5,8,13,18H,2-3,6-7,9,17H2,1H3. The van der Waals surface area contributed by atoms with Gasteiger partial charge in [0.1, 0.15) is 5.82 Å². The van der Waals surface area contributed by atoms with E-state index in [2.05, 4.69) is 5.43 Å². The molecule has 1 aromatic rings. The summed E-state index contributed by atoms with van der Waals surface area (Å²) in [5.41, 5.74) is 3.59. The van der Waals surface area contributed by atoms with Crippen molar-refractivity contribution >= 4 is 11.6 Å². The largest absolute Gasteiger partial charge is 0.377 e. The van der Waals surface area contributed by atoms with Crippen LogP contribution in [-0.4, -0.2) is 18.8 Å². The lowest BCUT2D eigenvalue weighted by Crippen LogP contribution is -2.54. The molecule has 0 aliphatic heterocycles. The number of rotatable bonds is 5. The predicted molar refractivity (Wildman–Crippen MR) is 74.4 cm³/mol. The van der Waals surface area contributed by atoms with Crippen molar-refractivity contribution in [2.24, 2.45) is 5.84 Å². The van der Waals surface area contributed by atoms with Crippen LogP contribution in [-0.2, 0) is 11.2 Å². The van der Waals surface area contributed by atoms with Crippen molar-refractivity contribution in [1.29, 1.82) is 0 Å². The molecule has 1 aliphatic rings. The van der Waals surface area contributed by atoms with Crippen LogP contribution in [0.4, 0.5) is 4.39 Å². The zero-order chi connectivity index (χ0) is 13.9. The smallest absolute Gasteiger partial charge is 0.141 e. The summed E-state index contributed by atoms with van der Waals surface area (Å²) < 4.78 is 18.9. The van der Waals surface area contributed by atoms with Gasteiger partial charge in [-0.3, -0.25) is 11.3 Å². The van der Waals surface area contributed by atoms with E-state index >= 15 is 0 Å². The maximum atomic E-state index is 13.2. The van der Waals surface area contributed by atoms with Crippen LogP contribution in [0, 0.1) is 5.82 Å². The van der Waals surface area contributed by atoms with E-state index in [9.17, 15) is 4.39 Å². The van der Waals surface area contributed by atoms with E-state index in [0.29, 0.717) is 6.42 Å². The molecule has 0 heterocycles. The topological polar surface area (TPSA) is 47.3 Å². The van der Waals surface area contributed by atoms with Crippen molar-refractivity contribution in [3.8, 4) is 0 Å². The Bertz CT molecular complexity index is 435. The highest BCUT2D eigenvalue weighted by atomic mass is 35.5. The summed E-state index contributed by atoms with van der Waals surface area (Å²) in [4.78, 5) is 0. The number of hydrogen-bond donors (Lipinski definition) is 2. The molecule has 2 rings (SSSR count). The minimum Gasteiger partial charge on any atom is -0.377 e. The van der Waals surface area contributed by atoms with Crippen LogP contribution in [0.5, 0.6) is 0 Å². The van der Waals surface area contributed by atoms with Gasteiger partial charge in [0.2, 0.25) is 0 Å². The number of hydrazine groups is 1. The van der Waals surface area contributed by atoms with Crippen molar-refractivity contribution in [2.45, 2.75) is 43.7 Å². The van der Waals surface area contributed by atoms with Gasteiger partial charge in [0.25, 0.3) is 0 Å². The van der Waals surface area contributed by atoms with Crippen LogP contribution in [0.3, 0.4) is 0 Å². The van der Waals surface area contributed by atoms with Gasteiger partial charge >= 0.3 is 0 Å². The van der Waals surface area contributed by atoms with Crippen LogP contribution >= 0.6 is 11.6 Å². The molecule has 5 heteroatoms. The highest BCUT2D eigenvalue weighted by Gasteiger charge is 2.41. The molecule has 0 saturated heterocycles. The van der Waals surface area contributed by atoms with Crippen molar-refractivity contribution in [3.05, 3.63) is 34.6 Å². The third-order valence-electron chi connectivity index (χ3n) is 4.12. The molecule has 0 radical (unpaired) electrons. The van der Waals surface area contributed by atoms with Gasteiger partial charge in [-0.05, 0) is 37.0 Å². The molecule has 1 atom stereocenters. The molecule has 19 heavy (non-hydrogen) atoms. The van der Waals surface area contributed by atoms with Crippen LogP contribution in [0.1, 0.15) is 31.2 Å². The van der Waals surface area contributed by atoms with Crippen molar-refractivity contribution in [3.63, 3.8) is 0 Å². The second kappa shape index (κ2) is 6.18. The van der Waals surface area contributed by atoms with Gasteiger partial charge in [-0.2, -0.15) is 0 Å². The molecule has 1 unspecified atom stereocenters. The first-order valence-corrected chi connectivity index (χ1v) is 6.94. The summed E-state index contributed by atoms with van der Waals surface area (Å²) in [5, 5.41) is 0.145. The Kier molecular flexibility index (Phi) is 4.79. The average Bonchev–Trinajstić information content (AvgIpc) is 2.90. The molecule has 1 aromatic carbocycles. The molecule has 1 aliphatic carbocycles. The van der Waals surface area contributed by atoms with Gasteiger partial charge in [0.05, 0.1) is 16.7 Å². The molecule has 0 amide bonds. The summed E-state index contributed by atoms with van der Waals surface area (Å²) in [7, 11) is 1.73. The Labute approximate surface area is 118 Å². The Balaban J connectivity index is 2.16. The number of halogens is 2. The maximum absolute atomic E-state index is 13.2. The van der Waals surface area contributed by atoms with E-state index in [0.717, 1.165) is 31.2 Å². The average molecular weight is 287 g/mol. The number of nitrogens with two attached hydrogens (primary N) is 1. The monoisotopic (exact) mass is 286 g/mol. The van der Waals surface area contributed by atoms with Crippen LogP contribution in [0.2, 0.25) is 5.02 Å². The van der Waals surface area contributed by atoms with Crippen LogP contribution in [0.15, 0.2) is 18.2 Å². The second-order valence-electron chi connectivity index (χ2n) is 5.15. The Hall–Kier alpha value is -0.680. The van der Waals surface area contributed by atoms with Crippen LogP contribution in [0.25, 0.3) is 0 Å². The minimum absolute atomic E-state index is 0.00141. The summed E-state index contributed by atoms with van der Waals surface area (Å²) in [6.45, 7) is 0. The zero-order valence-electron chi connectivity index (χ0n) is 11.1. The maximum Gasteiger partial charge on any atom is 0.141 e. The lowest BCUT2D eigenvalue weighted by atomic mass is 9.88. The fourth-order valence-corrected chi connectivity index (χ4v) is 3.17. The third kappa shape index (κ3) is 3.08.